The fourth-order valence-electron chi connectivity index (χ4n) is 7.50. The summed E-state index contributed by atoms with van der Waals surface area (Å²) in [5, 5.41) is 25.6. The van der Waals surface area contributed by atoms with Gasteiger partial charge in [0, 0.05) is 18.8 Å². The molecule has 0 heterocycles. The van der Waals surface area contributed by atoms with Crippen LogP contribution in [0.2, 0.25) is 0 Å². The van der Waals surface area contributed by atoms with Gasteiger partial charge in [-0.15, -0.1) is 0 Å². The molecule has 6 heteroatoms. The van der Waals surface area contributed by atoms with E-state index in [0.717, 1.165) is 32.1 Å². The van der Waals surface area contributed by atoms with Gasteiger partial charge in [-0.05, 0) is 74.0 Å². The number of carbonyl (C=O) groups is 1. The Kier molecular flexibility index (Phi) is 4.51. The first-order chi connectivity index (χ1) is 12.8. The number of carbonyl (C=O) groups excluding carboxylic acids is 1. The highest BCUT2D eigenvalue weighted by atomic mass is 16.5. The molecule has 27 heavy (non-hydrogen) atoms. The highest BCUT2D eigenvalue weighted by Crippen LogP contribution is 2.66. The molecule has 4 rings (SSSR count). The number of ether oxygens (including phenoxy) is 1. The van der Waals surface area contributed by atoms with Gasteiger partial charge < -0.3 is 15.2 Å². The van der Waals surface area contributed by atoms with Crippen LogP contribution in [0.1, 0.15) is 72.1 Å². The van der Waals surface area contributed by atoms with Gasteiger partial charge in [0.25, 0.3) is 0 Å². The number of rotatable bonds is 1. The first-order valence-corrected chi connectivity index (χ1v) is 10.4. The van der Waals surface area contributed by atoms with Gasteiger partial charge in [-0.2, -0.15) is 0 Å². The average Bonchev–Trinajstić information content (AvgIpc) is 2.96. The highest BCUT2D eigenvalue weighted by Gasteiger charge is 2.61. The molecule has 2 N–H and O–H groups in total. The van der Waals surface area contributed by atoms with E-state index >= 15 is 0 Å². The zero-order valence-corrected chi connectivity index (χ0v) is 16.6. The van der Waals surface area contributed by atoms with E-state index in [1.54, 1.807) is 0 Å². The summed E-state index contributed by atoms with van der Waals surface area (Å²) in [5.41, 5.74) is 1.28. The minimum Gasteiger partial charge on any atom is -0.462 e. The molecule has 4 aliphatic carbocycles. The summed E-state index contributed by atoms with van der Waals surface area (Å²) >= 11 is 0. The van der Waals surface area contributed by atoms with Crippen LogP contribution < -0.4 is 0 Å². The van der Waals surface area contributed by atoms with E-state index in [1.165, 1.54) is 13.3 Å². The van der Waals surface area contributed by atoms with Crippen LogP contribution in [0.5, 0.6) is 0 Å². The second-order valence-electron chi connectivity index (χ2n) is 9.85. The van der Waals surface area contributed by atoms with Crippen molar-refractivity contribution in [3.8, 4) is 0 Å². The van der Waals surface area contributed by atoms with Gasteiger partial charge in [-0.25, -0.2) is 0 Å². The fourth-order valence-corrected chi connectivity index (χ4v) is 7.50. The molecule has 0 aliphatic heterocycles. The zero-order valence-electron chi connectivity index (χ0n) is 16.6. The normalized spacial score (nSPS) is 49.4. The van der Waals surface area contributed by atoms with Gasteiger partial charge in [0.15, 0.2) is 0 Å². The number of fused-ring (bicyclic) bond motifs is 5. The Morgan fingerprint density at radius 3 is 2.37 bits per heavy atom. The molecule has 0 amide bonds. The first-order valence-electron chi connectivity index (χ1n) is 10.4. The van der Waals surface area contributed by atoms with Crippen molar-refractivity contribution in [2.75, 3.05) is 0 Å². The van der Waals surface area contributed by atoms with E-state index in [9.17, 15) is 15.2 Å². The Balaban J connectivity index is 1.61. The molecule has 0 aromatic heterocycles. The topological polar surface area (TPSA) is 91.5 Å². The molecule has 7 unspecified atom stereocenters. The van der Waals surface area contributed by atoms with E-state index in [-0.39, 0.29) is 22.9 Å². The highest BCUT2D eigenvalue weighted by molar-refractivity contribution is 6.42. The number of oxime groups is 2. The summed E-state index contributed by atoms with van der Waals surface area (Å²) < 4.78 is 5.72. The Morgan fingerprint density at radius 2 is 1.70 bits per heavy atom. The van der Waals surface area contributed by atoms with E-state index < -0.39 is 0 Å². The molecule has 0 aromatic rings. The van der Waals surface area contributed by atoms with Gasteiger partial charge in [0.2, 0.25) is 0 Å². The molecule has 150 valence electrons. The van der Waals surface area contributed by atoms with Crippen LogP contribution >= 0.6 is 0 Å². The molecule has 0 radical (unpaired) electrons. The molecular formula is C21H32N2O4. The van der Waals surface area contributed by atoms with E-state index in [1.807, 2.05) is 0 Å². The summed E-state index contributed by atoms with van der Waals surface area (Å²) in [6, 6.07) is 0. The monoisotopic (exact) mass is 376 g/mol. The van der Waals surface area contributed by atoms with Crippen LogP contribution in [0.25, 0.3) is 0 Å². The third kappa shape index (κ3) is 2.70. The Hall–Kier alpha value is -1.59. The smallest absolute Gasteiger partial charge is 0.302 e. The van der Waals surface area contributed by atoms with Gasteiger partial charge in [-0.3, -0.25) is 4.79 Å². The Labute approximate surface area is 161 Å². The number of hydrogen-bond acceptors (Lipinski definition) is 6. The van der Waals surface area contributed by atoms with Crippen molar-refractivity contribution >= 4 is 17.4 Å². The average molecular weight is 376 g/mol. The second-order valence-corrected chi connectivity index (χ2v) is 9.85. The van der Waals surface area contributed by atoms with Crippen molar-refractivity contribution in [1.82, 2.24) is 0 Å². The zero-order chi connectivity index (χ0) is 19.4. The summed E-state index contributed by atoms with van der Waals surface area (Å²) in [5.74, 6) is 2.14. The lowest BCUT2D eigenvalue weighted by Gasteiger charge is -2.60. The lowest BCUT2D eigenvalue weighted by Crippen LogP contribution is -2.55. The standard InChI is InChI=1S/C21H32N2O4/c1-12(24)27-19-7-6-15-14-5-4-13-10-17(22-25)18(23-26)11-21(13,3)16(14)8-9-20(15,19)2/h13-16,19,25-26H,4-11H2,1-3H3/b22-17-,23-18-. The lowest BCUT2D eigenvalue weighted by atomic mass is 9.45. The van der Waals surface area contributed by atoms with Crippen LogP contribution in [-0.2, 0) is 9.53 Å². The Morgan fingerprint density at radius 1 is 1.00 bits per heavy atom. The molecule has 6 nitrogen and oxygen atoms in total. The molecule has 4 saturated carbocycles. The molecule has 0 saturated heterocycles. The third-order valence-electron chi connectivity index (χ3n) is 8.85. The van der Waals surface area contributed by atoms with Gasteiger partial charge >= 0.3 is 5.97 Å². The maximum absolute atomic E-state index is 11.6. The molecule has 0 spiro atoms. The fraction of sp³-hybridized carbons (Fsp3) is 0.857. The number of esters is 1. The third-order valence-corrected chi connectivity index (χ3v) is 8.85. The lowest BCUT2D eigenvalue weighted by molar-refractivity contribution is -0.159. The minimum absolute atomic E-state index is 0.0560. The number of hydrogen-bond donors (Lipinski definition) is 2. The molecule has 4 aliphatic rings. The molecular weight excluding hydrogens is 344 g/mol. The summed E-state index contributed by atoms with van der Waals surface area (Å²) in [7, 11) is 0. The first kappa shape index (κ1) is 18.8. The molecule has 0 bridgehead atoms. The van der Waals surface area contributed by atoms with Crippen molar-refractivity contribution in [2.24, 2.45) is 44.8 Å². The van der Waals surface area contributed by atoms with Crippen LogP contribution in [0.4, 0.5) is 0 Å². The summed E-state index contributed by atoms with van der Waals surface area (Å²) in [6.07, 6.45) is 8.11. The maximum Gasteiger partial charge on any atom is 0.302 e. The van der Waals surface area contributed by atoms with Gasteiger partial charge in [-0.1, -0.05) is 24.2 Å². The maximum atomic E-state index is 11.6. The molecule has 4 fully saturated rings. The molecule has 7 atom stereocenters. The predicted molar refractivity (Wildman–Crippen MR) is 101 cm³/mol. The minimum atomic E-state index is -0.161. The van der Waals surface area contributed by atoms with Crippen LogP contribution in [0.15, 0.2) is 10.3 Å². The van der Waals surface area contributed by atoms with Crippen LogP contribution in [-0.4, -0.2) is 33.9 Å². The largest absolute Gasteiger partial charge is 0.462 e. The number of nitrogens with zero attached hydrogens (tertiary/aromatic N) is 2. The van der Waals surface area contributed by atoms with Crippen molar-refractivity contribution in [3.05, 3.63) is 0 Å². The Bertz CT molecular complexity index is 690. The quantitative estimate of drug-likeness (QED) is 0.407. The van der Waals surface area contributed by atoms with Crippen molar-refractivity contribution < 1.29 is 19.9 Å². The predicted octanol–water partition coefficient (Wildman–Crippen LogP) is 4.23. The van der Waals surface area contributed by atoms with E-state index in [4.69, 9.17) is 4.74 Å². The molecule has 0 aromatic carbocycles. The second kappa shape index (κ2) is 6.49. The van der Waals surface area contributed by atoms with Crippen molar-refractivity contribution in [1.29, 1.82) is 0 Å². The van der Waals surface area contributed by atoms with E-state index in [0.29, 0.717) is 47.9 Å². The van der Waals surface area contributed by atoms with Gasteiger partial charge in [0.05, 0.1) is 0 Å². The van der Waals surface area contributed by atoms with Crippen LogP contribution in [0, 0.1) is 34.5 Å². The van der Waals surface area contributed by atoms with Crippen molar-refractivity contribution in [3.63, 3.8) is 0 Å². The van der Waals surface area contributed by atoms with Crippen LogP contribution in [0.3, 0.4) is 0 Å². The SMILES string of the molecule is CC(=O)OC1CCC2C3CCC4CC(=N/O)/C(=N\O)CC4(C)C3CCC12C. The summed E-state index contributed by atoms with van der Waals surface area (Å²) in [4.78, 5) is 11.6. The summed E-state index contributed by atoms with van der Waals surface area (Å²) in [6.45, 7) is 6.21. The van der Waals surface area contributed by atoms with Gasteiger partial charge in [0.1, 0.15) is 17.5 Å². The van der Waals surface area contributed by atoms with Crippen molar-refractivity contribution in [2.45, 2.75) is 78.2 Å². The van der Waals surface area contributed by atoms with E-state index in [2.05, 4.69) is 24.2 Å².